The van der Waals surface area contributed by atoms with Crippen molar-refractivity contribution >= 4 is 0 Å². The van der Waals surface area contributed by atoms with Crippen molar-refractivity contribution in [1.82, 2.24) is 14.4 Å². The molecule has 1 aliphatic rings. The molecule has 0 radical (unpaired) electrons. The molecule has 1 aromatic carbocycles. The molecule has 1 aromatic heterocycles. The Kier molecular flexibility index (Phi) is 8.51. The van der Waals surface area contributed by atoms with Crippen LogP contribution in [0.15, 0.2) is 48.7 Å². The number of rotatable bonds is 11. The van der Waals surface area contributed by atoms with Gasteiger partial charge in [0.1, 0.15) is 0 Å². The molecule has 28 heavy (non-hydrogen) atoms. The monoisotopic (exact) mass is 387 g/mol. The minimum atomic E-state index is -0.382. The second-order valence-electron chi connectivity index (χ2n) is 7.41. The molecule has 0 aliphatic carbocycles. The summed E-state index contributed by atoms with van der Waals surface area (Å²) < 4.78 is 13.0. The summed E-state index contributed by atoms with van der Waals surface area (Å²) in [6.07, 6.45) is 1.74. The molecule has 6 nitrogen and oxygen atoms in total. The van der Waals surface area contributed by atoms with E-state index < -0.39 is 0 Å². The van der Waals surface area contributed by atoms with Gasteiger partial charge in [-0.1, -0.05) is 30.3 Å². The summed E-state index contributed by atoms with van der Waals surface area (Å²) >= 11 is 0. The number of β-amino-alcohol motifs (C(OH)–C–C–N with tert-alkyl or cyclic N) is 1. The lowest BCUT2D eigenvalue weighted by atomic mass is 10.2. The molecule has 2 aromatic rings. The van der Waals surface area contributed by atoms with Crippen molar-refractivity contribution in [2.45, 2.75) is 19.2 Å². The molecule has 1 fully saturated rings. The lowest BCUT2D eigenvalue weighted by Crippen LogP contribution is -2.45. The number of ether oxygens (including phenoxy) is 2. The molecule has 154 valence electrons. The summed E-state index contributed by atoms with van der Waals surface area (Å²) in [5, 5.41) is 10.6. The van der Waals surface area contributed by atoms with E-state index in [4.69, 9.17) is 9.47 Å². The van der Waals surface area contributed by atoms with Crippen LogP contribution in [0.5, 0.6) is 0 Å². The normalized spacial score (nSPS) is 16.5. The molecule has 0 saturated carbocycles. The van der Waals surface area contributed by atoms with Gasteiger partial charge < -0.3 is 19.1 Å². The van der Waals surface area contributed by atoms with Crippen LogP contribution < -0.4 is 0 Å². The van der Waals surface area contributed by atoms with E-state index in [9.17, 15) is 5.11 Å². The minimum Gasteiger partial charge on any atom is -0.390 e. The van der Waals surface area contributed by atoms with E-state index >= 15 is 0 Å². The number of morpholine rings is 1. The number of hydrogen-bond donors (Lipinski definition) is 1. The first-order valence-electron chi connectivity index (χ1n) is 10.1. The van der Waals surface area contributed by atoms with Crippen molar-refractivity contribution in [2.75, 3.05) is 59.7 Å². The predicted octanol–water partition coefficient (Wildman–Crippen LogP) is 1.68. The highest BCUT2D eigenvalue weighted by molar-refractivity contribution is 5.17. The number of methoxy groups -OCH3 is 1. The minimum absolute atomic E-state index is 0.382. The van der Waals surface area contributed by atoms with Crippen LogP contribution in [0.4, 0.5) is 0 Å². The van der Waals surface area contributed by atoms with Gasteiger partial charge in [-0.05, 0) is 17.7 Å². The van der Waals surface area contributed by atoms with Crippen LogP contribution in [0.2, 0.25) is 0 Å². The van der Waals surface area contributed by atoms with Crippen molar-refractivity contribution in [3.05, 3.63) is 59.9 Å². The number of hydrogen-bond acceptors (Lipinski definition) is 5. The number of aliphatic hydroxyl groups excluding tert-OH is 1. The van der Waals surface area contributed by atoms with E-state index in [0.29, 0.717) is 19.7 Å². The highest BCUT2D eigenvalue weighted by atomic mass is 16.5. The third kappa shape index (κ3) is 6.72. The molecule has 3 rings (SSSR count). The first kappa shape index (κ1) is 21.0. The lowest BCUT2D eigenvalue weighted by molar-refractivity contribution is 0.00419. The quantitative estimate of drug-likeness (QED) is 0.636. The van der Waals surface area contributed by atoms with Gasteiger partial charge in [0.2, 0.25) is 0 Å². The summed E-state index contributed by atoms with van der Waals surface area (Å²) in [5.41, 5.74) is 2.54. The number of aliphatic hydroxyl groups is 1. The van der Waals surface area contributed by atoms with Crippen molar-refractivity contribution in [1.29, 1.82) is 0 Å². The fourth-order valence-corrected chi connectivity index (χ4v) is 3.65. The van der Waals surface area contributed by atoms with Crippen molar-refractivity contribution in [3.63, 3.8) is 0 Å². The molecule has 0 bridgehead atoms. The molecule has 0 spiro atoms. The Morgan fingerprint density at radius 3 is 2.68 bits per heavy atom. The number of nitrogens with zero attached hydrogens (tertiary/aromatic N) is 3. The van der Waals surface area contributed by atoms with Gasteiger partial charge >= 0.3 is 0 Å². The second kappa shape index (κ2) is 11.3. The van der Waals surface area contributed by atoms with Gasteiger partial charge in [0.15, 0.2) is 0 Å². The Morgan fingerprint density at radius 2 is 1.93 bits per heavy atom. The van der Waals surface area contributed by atoms with Gasteiger partial charge in [0.05, 0.1) is 25.9 Å². The molecule has 6 heteroatoms. The van der Waals surface area contributed by atoms with E-state index in [1.165, 1.54) is 11.3 Å². The fraction of sp³-hybridized carbons (Fsp3) is 0.545. The molecule has 0 unspecified atom stereocenters. The van der Waals surface area contributed by atoms with E-state index in [1.807, 2.05) is 6.07 Å². The van der Waals surface area contributed by atoms with Crippen molar-refractivity contribution in [3.8, 4) is 0 Å². The van der Waals surface area contributed by atoms with Gasteiger partial charge in [-0.3, -0.25) is 9.80 Å². The van der Waals surface area contributed by atoms with Crippen LogP contribution in [0.3, 0.4) is 0 Å². The maximum Gasteiger partial charge on any atom is 0.0793 e. The summed E-state index contributed by atoms with van der Waals surface area (Å²) in [6.45, 7) is 7.75. The van der Waals surface area contributed by atoms with Crippen LogP contribution in [-0.4, -0.2) is 85.2 Å². The summed E-state index contributed by atoms with van der Waals surface area (Å²) in [4.78, 5) is 4.56. The van der Waals surface area contributed by atoms with Crippen molar-refractivity contribution in [2.24, 2.45) is 0 Å². The molecule has 1 saturated heterocycles. The molecule has 0 amide bonds. The first-order chi connectivity index (χ1) is 13.7. The SMILES string of the molecule is COCCN(Cc1cccn1Cc1ccccc1)C[C@@H](O)CN1CCOCC1. The van der Waals surface area contributed by atoms with Crippen molar-refractivity contribution < 1.29 is 14.6 Å². The molecule has 1 atom stereocenters. The zero-order chi connectivity index (χ0) is 19.6. The number of benzene rings is 1. The Balaban J connectivity index is 1.58. The lowest BCUT2D eigenvalue weighted by Gasteiger charge is -2.31. The summed E-state index contributed by atoms with van der Waals surface area (Å²) in [7, 11) is 1.72. The Bertz CT molecular complexity index is 671. The Morgan fingerprint density at radius 1 is 1.14 bits per heavy atom. The smallest absolute Gasteiger partial charge is 0.0793 e. The summed E-state index contributed by atoms with van der Waals surface area (Å²) in [5.74, 6) is 0. The molecular weight excluding hydrogens is 354 g/mol. The number of aromatic nitrogens is 1. The average Bonchev–Trinajstić information content (AvgIpc) is 3.14. The van der Waals surface area contributed by atoms with E-state index in [2.05, 4.69) is 57.0 Å². The zero-order valence-electron chi connectivity index (χ0n) is 16.9. The zero-order valence-corrected chi connectivity index (χ0v) is 16.9. The molecular formula is C22H33N3O3. The molecule has 1 N–H and O–H groups in total. The predicted molar refractivity (Wildman–Crippen MR) is 110 cm³/mol. The van der Waals surface area contributed by atoms with Gasteiger partial charge in [-0.2, -0.15) is 0 Å². The molecule has 1 aliphatic heterocycles. The van der Waals surface area contributed by atoms with E-state index in [1.54, 1.807) is 7.11 Å². The second-order valence-corrected chi connectivity index (χ2v) is 7.41. The van der Waals surface area contributed by atoms with Crippen LogP contribution in [0.25, 0.3) is 0 Å². The van der Waals surface area contributed by atoms with Crippen LogP contribution in [0, 0.1) is 0 Å². The Labute approximate surface area is 168 Å². The standard InChI is InChI=1S/C22H33N3O3/c1-27-13-10-24(19-22(26)18-23-11-14-28-15-12-23)17-21-8-5-9-25(21)16-20-6-3-2-4-7-20/h2-9,22,26H,10-19H2,1H3/t22-/m0/s1. The first-order valence-corrected chi connectivity index (χ1v) is 10.1. The maximum absolute atomic E-state index is 10.6. The fourth-order valence-electron chi connectivity index (χ4n) is 3.65. The van der Waals surface area contributed by atoms with Crippen LogP contribution >= 0.6 is 0 Å². The van der Waals surface area contributed by atoms with Gasteiger partial charge in [-0.15, -0.1) is 0 Å². The average molecular weight is 388 g/mol. The van der Waals surface area contributed by atoms with Crippen LogP contribution in [-0.2, 0) is 22.6 Å². The maximum atomic E-state index is 10.6. The topological polar surface area (TPSA) is 50.1 Å². The third-order valence-electron chi connectivity index (χ3n) is 5.16. The van der Waals surface area contributed by atoms with E-state index in [-0.39, 0.29) is 6.10 Å². The van der Waals surface area contributed by atoms with Gasteiger partial charge in [0, 0.05) is 64.8 Å². The van der Waals surface area contributed by atoms with Crippen LogP contribution in [0.1, 0.15) is 11.3 Å². The highest BCUT2D eigenvalue weighted by Crippen LogP contribution is 2.11. The summed E-state index contributed by atoms with van der Waals surface area (Å²) in [6, 6.07) is 14.8. The third-order valence-corrected chi connectivity index (χ3v) is 5.16. The highest BCUT2D eigenvalue weighted by Gasteiger charge is 2.18. The van der Waals surface area contributed by atoms with Gasteiger partial charge in [-0.25, -0.2) is 0 Å². The Hall–Kier alpha value is -1.70. The largest absolute Gasteiger partial charge is 0.390 e. The van der Waals surface area contributed by atoms with E-state index in [0.717, 1.165) is 45.9 Å². The molecule has 2 heterocycles. The van der Waals surface area contributed by atoms with Gasteiger partial charge in [0.25, 0.3) is 0 Å².